The number of anilines is 1. The third-order valence-electron chi connectivity index (χ3n) is 8.89. The Balaban J connectivity index is 1.12. The highest BCUT2D eigenvalue weighted by Crippen LogP contribution is 2.53. The van der Waals surface area contributed by atoms with Gasteiger partial charge in [-0.1, -0.05) is 55.7 Å². The molecule has 1 aromatic heterocycles. The minimum Gasteiger partial charge on any atom is -0.444 e. The average molecular weight is 498 g/mol. The van der Waals surface area contributed by atoms with Gasteiger partial charge in [0.15, 0.2) is 12.2 Å². The second kappa shape index (κ2) is 10.2. The molecule has 37 heavy (non-hydrogen) atoms. The predicted molar refractivity (Wildman–Crippen MR) is 143 cm³/mol. The van der Waals surface area contributed by atoms with Crippen molar-refractivity contribution >= 4 is 17.5 Å². The second-order valence-corrected chi connectivity index (χ2v) is 11.1. The summed E-state index contributed by atoms with van der Waals surface area (Å²) in [6.45, 7) is 1.66. The summed E-state index contributed by atoms with van der Waals surface area (Å²) in [4.78, 5) is 32.4. The van der Waals surface area contributed by atoms with Crippen molar-refractivity contribution in [1.82, 2.24) is 9.88 Å². The van der Waals surface area contributed by atoms with Crippen molar-refractivity contribution in [3.05, 3.63) is 72.2 Å². The minimum absolute atomic E-state index is 0.0245. The Hall–Kier alpha value is -3.41. The number of nitrogens with one attached hydrogen (secondary N) is 1. The molecule has 1 atom stereocenters. The van der Waals surface area contributed by atoms with Gasteiger partial charge in [0.05, 0.1) is 6.20 Å². The maximum absolute atomic E-state index is 13.2. The number of fused-ring (bicyclic) bond motifs is 2. The third kappa shape index (κ3) is 4.81. The van der Waals surface area contributed by atoms with Crippen molar-refractivity contribution in [3.63, 3.8) is 0 Å². The van der Waals surface area contributed by atoms with Gasteiger partial charge in [-0.05, 0) is 66.7 Å². The van der Waals surface area contributed by atoms with Gasteiger partial charge in [-0.25, -0.2) is 4.98 Å². The van der Waals surface area contributed by atoms with Crippen LogP contribution in [0.3, 0.4) is 0 Å². The van der Waals surface area contributed by atoms with Crippen molar-refractivity contribution < 1.29 is 14.0 Å². The lowest BCUT2D eigenvalue weighted by molar-refractivity contribution is -0.138. The number of nitrogens with zero attached hydrogens (tertiary/aromatic N) is 2. The molecule has 1 saturated heterocycles. The zero-order valence-electron chi connectivity index (χ0n) is 21.3. The Morgan fingerprint density at radius 1 is 1.03 bits per heavy atom. The summed E-state index contributed by atoms with van der Waals surface area (Å²) in [5, 5.41) is 3.10. The Morgan fingerprint density at radius 3 is 2.62 bits per heavy atom. The van der Waals surface area contributed by atoms with E-state index in [2.05, 4.69) is 39.5 Å². The van der Waals surface area contributed by atoms with Crippen LogP contribution in [0.4, 0.5) is 5.69 Å². The summed E-state index contributed by atoms with van der Waals surface area (Å²) in [6.07, 6.45) is 12.2. The van der Waals surface area contributed by atoms with E-state index in [1.807, 2.05) is 24.3 Å². The van der Waals surface area contributed by atoms with Crippen LogP contribution in [0.1, 0.15) is 74.8 Å². The summed E-state index contributed by atoms with van der Waals surface area (Å²) in [5.74, 6) is 1.50. The van der Waals surface area contributed by atoms with Crippen LogP contribution in [-0.2, 0) is 15.0 Å². The number of oxazole rings is 1. The van der Waals surface area contributed by atoms with Gasteiger partial charge in [-0.15, -0.1) is 0 Å². The summed E-state index contributed by atoms with van der Waals surface area (Å²) >= 11 is 0. The lowest BCUT2D eigenvalue weighted by Gasteiger charge is -2.42. The number of piperidine rings is 1. The van der Waals surface area contributed by atoms with Gasteiger partial charge in [0.1, 0.15) is 0 Å². The summed E-state index contributed by atoms with van der Waals surface area (Å²) in [5.41, 5.74) is 4.41. The van der Waals surface area contributed by atoms with E-state index in [1.165, 1.54) is 36.8 Å². The van der Waals surface area contributed by atoms with Gasteiger partial charge in [-0.2, -0.15) is 0 Å². The number of benzene rings is 2. The van der Waals surface area contributed by atoms with Crippen molar-refractivity contribution in [2.24, 2.45) is 5.92 Å². The second-order valence-electron chi connectivity index (χ2n) is 11.1. The first kappa shape index (κ1) is 24.0. The van der Waals surface area contributed by atoms with Crippen LogP contribution in [0.15, 0.2) is 65.5 Å². The number of carbonyl (C=O) groups excluding carboxylic acids is 2. The molecular formula is C31H35N3O3. The van der Waals surface area contributed by atoms with E-state index in [1.54, 1.807) is 6.20 Å². The van der Waals surface area contributed by atoms with Gasteiger partial charge in [0, 0.05) is 36.7 Å². The molecule has 6 heteroatoms. The van der Waals surface area contributed by atoms with Crippen molar-refractivity contribution in [1.29, 1.82) is 0 Å². The van der Waals surface area contributed by atoms with Gasteiger partial charge in [0.25, 0.3) is 0 Å². The Kier molecular flexibility index (Phi) is 6.58. The molecule has 2 aromatic carbocycles. The molecule has 2 heterocycles. The molecule has 192 valence electrons. The smallest absolute Gasteiger partial charge is 0.225 e. The van der Waals surface area contributed by atoms with Crippen LogP contribution in [0, 0.1) is 5.92 Å². The summed E-state index contributed by atoms with van der Waals surface area (Å²) in [7, 11) is 0. The largest absolute Gasteiger partial charge is 0.444 e. The molecule has 1 unspecified atom stereocenters. The number of rotatable bonds is 5. The highest BCUT2D eigenvalue weighted by molar-refractivity contribution is 5.92. The molecule has 1 spiro atoms. The highest BCUT2D eigenvalue weighted by Gasteiger charge is 2.46. The summed E-state index contributed by atoms with van der Waals surface area (Å²) < 4.78 is 5.40. The van der Waals surface area contributed by atoms with Crippen LogP contribution in [0.25, 0.3) is 11.3 Å². The van der Waals surface area contributed by atoms with Crippen molar-refractivity contribution in [2.75, 3.05) is 18.4 Å². The number of amides is 2. The van der Waals surface area contributed by atoms with Gasteiger partial charge >= 0.3 is 0 Å². The van der Waals surface area contributed by atoms with Crippen LogP contribution >= 0.6 is 0 Å². The third-order valence-corrected chi connectivity index (χ3v) is 8.89. The zero-order chi connectivity index (χ0) is 25.2. The Morgan fingerprint density at radius 2 is 1.84 bits per heavy atom. The molecule has 3 aliphatic rings. The maximum Gasteiger partial charge on any atom is 0.225 e. The molecule has 6 nitrogen and oxygen atoms in total. The first-order chi connectivity index (χ1) is 18.1. The lowest BCUT2D eigenvalue weighted by atomic mass is 9.73. The van der Waals surface area contributed by atoms with Crippen LogP contribution in [-0.4, -0.2) is 34.8 Å². The van der Waals surface area contributed by atoms with E-state index in [0.717, 1.165) is 56.4 Å². The van der Waals surface area contributed by atoms with Crippen LogP contribution in [0.5, 0.6) is 0 Å². The number of hydrogen-bond donors (Lipinski definition) is 1. The van der Waals surface area contributed by atoms with E-state index in [0.29, 0.717) is 18.1 Å². The number of hydrogen-bond acceptors (Lipinski definition) is 4. The standard InChI is InChI=1S/C31H35N3O3/c35-29(33-25-10-6-9-23(17-25)28-20-32-21-37-28)18-24-19-31(27-12-5-4-11-26(24)27)13-15-34(16-14-31)30(36)22-7-2-1-3-8-22/h4-6,9-12,17,20-22,24H,1-3,7-8,13-16,18-19H2,(H,33,35). The van der Waals surface area contributed by atoms with E-state index < -0.39 is 0 Å². The van der Waals surface area contributed by atoms with Crippen LogP contribution in [0.2, 0.25) is 0 Å². The molecule has 2 aliphatic carbocycles. The molecule has 1 N–H and O–H groups in total. The maximum atomic E-state index is 13.2. The molecule has 1 saturated carbocycles. The molecule has 2 fully saturated rings. The monoisotopic (exact) mass is 497 g/mol. The first-order valence-electron chi connectivity index (χ1n) is 13.8. The van der Waals surface area contributed by atoms with E-state index in [4.69, 9.17) is 4.42 Å². The molecule has 2 amide bonds. The molecular weight excluding hydrogens is 462 g/mol. The van der Waals surface area contributed by atoms with Gasteiger partial charge in [-0.3, -0.25) is 9.59 Å². The molecule has 0 bridgehead atoms. The topological polar surface area (TPSA) is 75.4 Å². The van der Waals surface area contributed by atoms with E-state index in [9.17, 15) is 9.59 Å². The molecule has 6 rings (SSSR count). The highest BCUT2D eigenvalue weighted by atomic mass is 16.3. The number of aromatic nitrogens is 1. The molecule has 1 aliphatic heterocycles. The fourth-order valence-corrected chi connectivity index (χ4v) is 6.99. The fourth-order valence-electron chi connectivity index (χ4n) is 6.99. The fraction of sp³-hybridized carbons (Fsp3) is 0.452. The zero-order valence-corrected chi connectivity index (χ0v) is 21.3. The molecule has 3 aromatic rings. The number of carbonyl (C=O) groups is 2. The minimum atomic E-state index is 0.0245. The van der Waals surface area contributed by atoms with Gasteiger partial charge in [0.2, 0.25) is 11.8 Å². The lowest BCUT2D eigenvalue weighted by Crippen LogP contribution is -2.46. The van der Waals surface area contributed by atoms with Crippen LogP contribution < -0.4 is 5.32 Å². The van der Waals surface area contributed by atoms with E-state index >= 15 is 0 Å². The SMILES string of the molecule is O=C(CC1CC2(CCN(C(=O)C3CCCCC3)CC2)c2ccccc21)Nc1cccc(-c2cnco2)c1. The van der Waals surface area contributed by atoms with E-state index in [-0.39, 0.29) is 23.2 Å². The predicted octanol–water partition coefficient (Wildman–Crippen LogP) is 6.30. The van der Waals surface area contributed by atoms with Crippen molar-refractivity contribution in [2.45, 2.75) is 69.1 Å². The first-order valence-corrected chi connectivity index (χ1v) is 13.8. The normalized spacial score (nSPS) is 21.1. The van der Waals surface area contributed by atoms with Gasteiger partial charge < -0.3 is 14.6 Å². The summed E-state index contributed by atoms with van der Waals surface area (Å²) in [6, 6.07) is 16.3. The Bertz CT molecular complexity index is 1250. The quantitative estimate of drug-likeness (QED) is 0.449. The van der Waals surface area contributed by atoms with Crippen molar-refractivity contribution in [3.8, 4) is 11.3 Å². The average Bonchev–Trinajstić information content (AvgIpc) is 3.57. The molecule has 0 radical (unpaired) electrons. The number of likely N-dealkylation sites (tertiary alicyclic amines) is 1. The Labute approximate surface area is 218 Å².